The Kier molecular flexibility index (Phi) is 2.15. The van der Waals surface area contributed by atoms with Crippen LogP contribution in [0.3, 0.4) is 0 Å². The molecule has 0 aromatic rings. The van der Waals surface area contributed by atoms with Crippen LogP contribution in [0.15, 0.2) is 0 Å². The minimum Gasteiger partial charge on any atom is -0.382 e. The van der Waals surface area contributed by atoms with Crippen molar-refractivity contribution < 1.29 is 44.9 Å². The van der Waals surface area contributed by atoms with Gasteiger partial charge in [-0.15, -0.1) is 0 Å². The Morgan fingerprint density at radius 3 is 2.29 bits per heavy atom. The Hall–Kier alpha value is -0.240. The highest BCUT2D eigenvalue weighted by Crippen LogP contribution is 2.27. The van der Waals surface area contributed by atoms with E-state index in [1.165, 1.54) is 0 Å². The van der Waals surface area contributed by atoms with Crippen molar-refractivity contribution in [1.82, 2.24) is 0 Å². The standard InChI is InChI=1S/C11H22O6/c1-12-6-7-8(13-2)9(14-3)10(15-4)11(16-5)17-7/h7-11H,6H2,1-5H3/t7-,8-,9+,10+,11+/m1/s1/i1D3,2D3,3D3,4D3. The van der Waals surface area contributed by atoms with Crippen molar-refractivity contribution in [3.8, 4) is 0 Å². The van der Waals surface area contributed by atoms with Crippen LogP contribution in [-0.4, -0.2) is 72.6 Å². The normalized spacial score (nSPS) is 51.7. The Balaban J connectivity index is 3.34. The van der Waals surface area contributed by atoms with Crippen LogP contribution < -0.4 is 0 Å². The van der Waals surface area contributed by atoms with Crippen molar-refractivity contribution in [1.29, 1.82) is 0 Å². The Bertz CT molecular complexity index is 514. The van der Waals surface area contributed by atoms with E-state index in [-0.39, 0.29) is 0 Å². The van der Waals surface area contributed by atoms with Crippen molar-refractivity contribution in [2.75, 3.05) is 41.9 Å². The molecule has 17 heavy (non-hydrogen) atoms. The molecule has 0 aliphatic carbocycles. The van der Waals surface area contributed by atoms with Crippen molar-refractivity contribution in [3.05, 3.63) is 0 Å². The highest BCUT2D eigenvalue weighted by molar-refractivity contribution is 4.92. The molecule has 1 rings (SSSR count). The first-order valence-corrected chi connectivity index (χ1v) is 4.67. The lowest BCUT2D eigenvalue weighted by molar-refractivity contribution is -0.307. The van der Waals surface area contributed by atoms with Gasteiger partial charge in [0.15, 0.2) is 6.29 Å². The van der Waals surface area contributed by atoms with Gasteiger partial charge in [-0.3, -0.25) is 0 Å². The first kappa shape index (κ1) is 5.03. The van der Waals surface area contributed by atoms with E-state index in [0.29, 0.717) is 0 Å². The van der Waals surface area contributed by atoms with Gasteiger partial charge in [0.25, 0.3) is 0 Å². The van der Waals surface area contributed by atoms with E-state index in [2.05, 4.69) is 4.74 Å². The second-order valence-corrected chi connectivity index (χ2v) is 3.34. The van der Waals surface area contributed by atoms with Crippen molar-refractivity contribution in [2.45, 2.75) is 30.7 Å². The second-order valence-electron chi connectivity index (χ2n) is 3.34. The Morgan fingerprint density at radius 2 is 1.65 bits per heavy atom. The minimum absolute atomic E-state index is 0.765. The zero-order chi connectivity index (χ0) is 22.8. The van der Waals surface area contributed by atoms with Gasteiger partial charge in [-0.05, 0) is 0 Å². The summed E-state index contributed by atoms with van der Waals surface area (Å²) >= 11 is 0. The number of ether oxygens (including phenoxy) is 6. The topological polar surface area (TPSA) is 55.4 Å². The molecule has 0 N–H and O–H groups in total. The van der Waals surface area contributed by atoms with Gasteiger partial charge >= 0.3 is 0 Å². The second kappa shape index (κ2) is 7.25. The molecule has 0 bridgehead atoms. The molecule has 1 heterocycles. The SMILES string of the molecule is [2H]C([2H])([2H])OC[C@H]1O[C@H](OC)[C@@H](OC([2H])([2H])[2H])[C@@H](OC([2H])([2H])[2H])[C@@H]1OC([2H])([2H])[2H]. The van der Waals surface area contributed by atoms with Crippen LogP contribution in [0.5, 0.6) is 0 Å². The third kappa shape index (κ3) is 3.15. The van der Waals surface area contributed by atoms with Gasteiger partial charge in [0.05, 0.1) is 23.1 Å². The van der Waals surface area contributed by atoms with E-state index in [0.717, 1.165) is 7.11 Å². The van der Waals surface area contributed by atoms with Gasteiger partial charge in [-0.1, -0.05) is 0 Å². The lowest BCUT2D eigenvalue weighted by atomic mass is 9.98. The average Bonchev–Trinajstić information content (AvgIpc) is 2.44. The number of rotatable bonds is 6. The maximum absolute atomic E-state index is 7.32. The maximum Gasteiger partial charge on any atom is 0.186 e. The molecule has 0 spiro atoms. The first-order valence-electron chi connectivity index (χ1n) is 10.7. The molecule has 0 aromatic heterocycles. The van der Waals surface area contributed by atoms with Crippen molar-refractivity contribution in [2.24, 2.45) is 0 Å². The van der Waals surface area contributed by atoms with Crippen LogP contribution in [0.4, 0.5) is 0 Å². The maximum atomic E-state index is 7.32. The summed E-state index contributed by atoms with van der Waals surface area (Å²) in [7, 11) is -11.1. The van der Waals surface area contributed by atoms with E-state index in [4.69, 9.17) is 40.1 Å². The fourth-order valence-corrected chi connectivity index (χ4v) is 1.69. The summed E-state index contributed by atoms with van der Waals surface area (Å²) in [6.45, 7) is -0.765. The molecule has 0 unspecified atom stereocenters. The Labute approximate surface area is 119 Å². The quantitative estimate of drug-likeness (QED) is 0.674. The summed E-state index contributed by atoms with van der Waals surface area (Å²) < 4.78 is 117. The fraction of sp³-hybridized carbons (Fsp3) is 1.00. The number of methoxy groups -OCH3 is 5. The molecule has 0 saturated carbocycles. The zero-order valence-corrected chi connectivity index (χ0v) is 9.04. The van der Waals surface area contributed by atoms with Crippen LogP contribution in [0.1, 0.15) is 16.4 Å². The summed E-state index contributed by atoms with van der Waals surface area (Å²) in [4.78, 5) is 0. The van der Waals surface area contributed by atoms with Crippen LogP contribution in [-0.2, 0) is 28.4 Å². The monoisotopic (exact) mass is 262 g/mol. The highest BCUT2D eigenvalue weighted by atomic mass is 16.7. The first-order chi connectivity index (χ1) is 12.8. The van der Waals surface area contributed by atoms with E-state index in [1.807, 2.05) is 0 Å². The Morgan fingerprint density at radius 1 is 0.941 bits per heavy atom. The third-order valence-electron chi connectivity index (χ3n) is 2.48. The summed E-state index contributed by atoms with van der Waals surface area (Å²) in [5.74, 6) is 0. The zero-order valence-electron chi connectivity index (χ0n) is 21.0. The van der Waals surface area contributed by atoms with E-state index >= 15 is 0 Å². The number of hydrogen-bond acceptors (Lipinski definition) is 6. The molecule has 0 aromatic carbocycles. The summed E-state index contributed by atoms with van der Waals surface area (Å²) in [6.07, 6.45) is -8.49. The molecule has 5 atom stereocenters. The predicted molar refractivity (Wildman–Crippen MR) is 59.9 cm³/mol. The smallest absolute Gasteiger partial charge is 0.186 e. The molecular weight excluding hydrogens is 228 g/mol. The lowest BCUT2D eigenvalue weighted by Gasteiger charge is -2.44. The lowest BCUT2D eigenvalue weighted by Crippen LogP contribution is -2.61. The summed E-state index contributed by atoms with van der Waals surface area (Å²) in [5, 5.41) is 0. The van der Waals surface area contributed by atoms with Crippen LogP contribution in [0.25, 0.3) is 0 Å². The molecule has 1 fully saturated rings. The third-order valence-corrected chi connectivity index (χ3v) is 2.48. The molecule has 102 valence electrons. The predicted octanol–water partition coefficient (Wildman–Crippen LogP) is 0.0491. The summed E-state index contributed by atoms with van der Waals surface area (Å²) in [5.41, 5.74) is 0. The largest absolute Gasteiger partial charge is 0.382 e. The summed E-state index contributed by atoms with van der Waals surface area (Å²) in [6, 6.07) is 0. The fourth-order valence-electron chi connectivity index (χ4n) is 1.69. The highest BCUT2D eigenvalue weighted by Gasteiger charge is 2.47. The molecule has 0 radical (unpaired) electrons. The van der Waals surface area contributed by atoms with Gasteiger partial charge in [0, 0.05) is 35.3 Å². The van der Waals surface area contributed by atoms with Crippen LogP contribution in [0, 0.1) is 0 Å². The molecule has 6 nitrogen and oxygen atoms in total. The van der Waals surface area contributed by atoms with Gasteiger partial charge in [-0.25, -0.2) is 0 Å². The average molecular weight is 262 g/mol. The van der Waals surface area contributed by atoms with Gasteiger partial charge in [-0.2, -0.15) is 0 Å². The van der Waals surface area contributed by atoms with Gasteiger partial charge < -0.3 is 28.4 Å². The van der Waals surface area contributed by atoms with E-state index < -0.39 is 65.5 Å². The molecule has 1 aliphatic rings. The molecule has 6 heteroatoms. The van der Waals surface area contributed by atoms with Gasteiger partial charge in [0.1, 0.15) is 24.4 Å². The van der Waals surface area contributed by atoms with Crippen molar-refractivity contribution in [3.63, 3.8) is 0 Å². The number of hydrogen-bond donors (Lipinski definition) is 0. The molecule has 0 amide bonds. The van der Waals surface area contributed by atoms with Gasteiger partial charge in [0.2, 0.25) is 0 Å². The molecule has 1 saturated heterocycles. The van der Waals surface area contributed by atoms with Crippen molar-refractivity contribution >= 4 is 0 Å². The van der Waals surface area contributed by atoms with Crippen LogP contribution in [0.2, 0.25) is 0 Å². The minimum atomic E-state index is -3.12. The molecular formula is C11H22O6. The van der Waals surface area contributed by atoms with Crippen LogP contribution >= 0.6 is 0 Å². The molecule has 1 aliphatic heterocycles. The van der Waals surface area contributed by atoms with E-state index in [9.17, 15) is 0 Å². The van der Waals surface area contributed by atoms with E-state index in [1.54, 1.807) is 0 Å².